The lowest BCUT2D eigenvalue weighted by Crippen LogP contribution is -2.05. The number of phenols is 1. The lowest BCUT2D eigenvalue weighted by molar-refractivity contribution is -0.143. The molecule has 0 aliphatic heterocycles. The van der Waals surface area contributed by atoms with E-state index in [1.807, 2.05) is 0 Å². The first-order valence-corrected chi connectivity index (χ1v) is 5.57. The number of phenolic OH excluding ortho intramolecular Hbond substituents is 1. The smallest absolute Gasteiger partial charge is 0.306 e. The number of carbonyl (C=O) groups excluding carboxylic acids is 1. The van der Waals surface area contributed by atoms with Crippen molar-refractivity contribution >= 4 is 5.97 Å². The van der Waals surface area contributed by atoms with Gasteiger partial charge >= 0.3 is 5.97 Å². The van der Waals surface area contributed by atoms with E-state index in [2.05, 4.69) is 11.8 Å². The van der Waals surface area contributed by atoms with E-state index in [-0.39, 0.29) is 11.7 Å². The fourth-order valence-corrected chi connectivity index (χ4v) is 1.50. The summed E-state index contributed by atoms with van der Waals surface area (Å²) in [5.74, 6) is 5.67. The number of carbonyl (C=O) groups is 1. The minimum Gasteiger partial charge on any atom is -0.508 e. The summed E-state index contributed by atoms with van der Waals surface area (Å²) in [6, 6.07) is 4.99. The molecule has 0 aromatic heterocycles. The summed E-state index contributed by atoms with van der Waals surface area (Å²) in [7, 11) is 0. The normalized spacial score (nSPS) is 9.29. The maximum Gasteiger partial charge on any atom is 0.306 e. The molecule has 0 atom stereocenters. The fraction of sp³-hybridized carbons (Fsp3) is 0.357. The number of aryl methyl sites for hydroxylation is 1. The average molecular weight is 232 g/mol. The van der Waals surface area contributed by atoms with Gasteiger partial charge in [0.05, 0.1) is 6.61 Å². The molecule has 0 radical (unpaired) electrons. The minimum absolute atomic E-state index is 0.183. The van der Waals surface area contributed by atoms with Crippen molar-refractivity contribution in [3.8, 4) is 17.6 Å². The van der Waals surface area contributed by atoms with Gasteiger partial charge in [-0.3, -0.25) is 4.79 Å². The van der Waals surface area contributed by atoms with Gasteiger partial charge in [0.1, 0.15) is 5.75 Å². The third-order valence-electron chi connectivity index (χ3n) is 2.26. The Morgan fingerprint density at radius 3 is 2.88 bits per heavy atom. The van der Waals surface area contributed by atoms with Crippen LogP contribution in [-0.4, -0.2) is 17.7 Å². The molecule has 3 heteroatoms. The maximum absolute atomic E-state index is 11.2. The molecule has 90 valence electrons. The van der Waals surface area contributed by atoms with Crippen molar-refractivity contribution in [2.45, 2.75) is 26.7 Å². The summed E-state index contributed by atoms with van der Waals surface area (Å²) >= 11 is 0. The second kappa shape index (κ2) is 6.59. The van der Waals surface area contributed by atoms with E-state index in [0.717, 1.165) is 11.1 Å². The van der Waals surface area contributed by atoms with Crippen LogP contribution in [0.2, 0.25) is 0 Å². The van der Waals surface area contributed by atoms with Gasteiger partial charge in [0, 0.05) is 12.0 Å². The Morgan fingerprint density at radius 2 is 2.24 bits per heavy atom. The van der Waals surface area contributed by atoms with E-state index in [1.165, 1.54) is 0 Å². The van der Waals surface area contributed by atoms with Crippen molar-refractivity contribution in [2.75, 3.05) is 6.61 Å². The summed E-state index contributed by atoms with van der Waals surface area (Å²) < 4.78 is 4.86. The van der Waals surface area contributed by atoms with Gasteiger partial charge in [-0.05, 0) is 38.0 Å². The van der Waals surface area contributed by atoms with Crippen LogP contribution in [0.1, 0.15) is 31.4 Å². The number of rotatable bonds is 4. The molecule has 0 saturated carbocycles. The van der Waals surface area contributed by atoms with Crippen molar-refractivity contribution in [2.24, 2.45) is 0 Å². The van der Waals surface area contributed by atoms with Crippen LogP contribution in [-0.2, 0) is 16.0 Å². The summed E-state index contributed by atoms with van der Waals surface area (Å²) in [6.45, 7) is 3.92. The Kier molecular flexibility index (Phi) is 5.09. The molecule has 3 nitrogen and oxygen atoms in total. The van der Waals surface area contributed by atoms with Crippen LogP contribution in [0.4, 0.5) is 0 Å². The molecule has 0 heterocycles. The third kappa shape index (κ3) is 4.20. The number of aromatic hydroxyl groups is 1. The topological polar surface area (TPSA) is 46.5 Å². The zero-order chi connectivity index (χ0) is 12.7. The Morgan fingerprint density at radius 1 is 1.47 bits per heavy atom. The van der Waals surface area contributed by atoms with E-state index < -0.39 is 0 Å². The second-order valence-electron chi connectivity index (χ2n) is 3.52. The average Bonchev–Trinajstić information content (AvgIpc) is 2.29. The lowest BCUT2D eigenvalue weighted by Gasteiger charge is -2.05. The molecular weight excluding hydrogens is 216 g/mol. The largest absolute Gasteiger partial charge is 0.508 e. The fourth-order valence-electron chi connectivity index (χ4n) is 1.50. The van der Waals surface area contributed by atoms with Crippen LogP contribution < -0.4 is 0 Å². The van der Waals surface area contributed by atoms with Crippen molar-refractivity contribution in [3.63, 3.8) is 0 Å². The second-order valence-corrected chi connectivity index (χ2v) is 3.52. The van der Waals surface area contributed by atoms with E-state index in [1.54, 1.807) is 32.0 Å². The molecular formula is C14H16O3. The van der Waals surface area contributed by atoms with E-state index >= 15 is 0 Å². The molecule has 0 unspecified atom stereocenters. The Bertz CT molecular complexity index is 452. The third-order valence-corrected chi connectivity index (χ3v) is 2.26. The van der Waals surface area contributed by atoms with Crippen LogP contribution >= 0.6 is 0 Å². The van der Waals surface area contributed by atoms with Crippen LogP contribution in [0.3, 0.4) is 0 Å². The Labute approximate surface area is 101 Å². The van der Waals surface area contributed by atoms with Gasteiger partial charge in [0.2, 0.25) is 0 Å². The summed E-state index contributed by atoms with van der Waals surface area (Å²) in [5.41, 5.74) is 1.71. The van der Waals surface area contributed by atoms with Gasteiger partial charge in [0.15, 0.2) is 0 Å². The van der Waals surface area contributed by atoms with Crippen LogP contribution in [0.15, 0.2) is 18.2 Å². The SMILES string of the molecule is CC#Cc1cc(O)ccc1CCC(=O)OCC. The maximum atomic E-state index is 11.2. The summed E-state index contributed by atoms with van der Waals surface area (Å²) in [6.07, 6.45) is 0.903. The number of ether oxygens (including phenoxy) is 1. The van der Waals surface area contributed by atoms with Crippen molar-refractivity contribution in [1.82, 2.24) is 0 Å². The van der Waals surface area contributed by atoms with Gasteiger partial charge in [-0.25, -0.2) is 0 Å². The molecule has 1 aromatic carbocycles. The zero-order valence-corrected chi connectivity index (χ0v) is 10.1. The lowest BCUT2D eigenvalue weighted by atomic mass is 10.0. The van der Waals surface area contributed by atoms with Crippen molar-refractivity contribution < 1.29 is 14.6 Å². The van der Waals surface area contributed by atoms with Crippen LogP contribution in [0, 0.1) is 11.8 Å². The molecule has 17 heavy (non-hydrogen) atoms. The van der Waals surface area contributed by atoms with Gasteiger partial charge in [-0.1, -0.05) is 12.0 Å². The molecule has 1 rings (SSSR count). The first kappa shape index (κ1) is 13.1. The molecule has 0 amide bonds. The zero-order valence-electron chi connectivity index (χ0n) is 10.1. The molecule has 0 spiro atoms. The van der Waals surface area contributed by atoms with E-state index in [9.17, 15) is 9.90 Å². The van der Waals surface area contributed by atoms with Crippen molar-refractivity contribution in [1.29, 1.82) is 0 Å². The highest BCUT2D eigenvalue weighted by atomic mass is 16.5. The quantitative estimate of drug-likeness (QED) is 0.639. The summed E-state index contributed by atoms with van der Waals surface area (Å²) in [4.78, 5) is 11.2. The standard InChI is InChI=1S/C14H16O3/c1-3-5-12-10-13(15)8-6-11(12)7-9-14(16)17-4-2/h6,8,10,15H,4,7,9H2,1-2H3. The molecule has 0 saturated heterocycles. The number of hydrogen-bond donors (Lipinski definition) is 1. The monoisotopic (exact) mass is 232 g/mol. The van der Waals surface area contributed by atoms with Gasteiger partial charge in [-0.15, -0.1) is 5.92 Å². The molecule has 1 N–H and O–H groups in total. The first-order chi connectivity index (χ1) is 8.17. The predicted octanol–water partition coefficient (Wildman–Crippen LogP) is 2.26. The Hall–Kier alpha value is -1.95. The number of hydrogen-bond acceptors (Lipinski definition) is 3. The van der Waals surface area contributed by atoms with Crippen LogP contribution in [0.5, 0.6) is 5.75 Å². The highest BCUT2D eigenvalue weighted by Gasteiger charge is 2.06. The molecule has 0 bridgehead atoms. The predicted molar refractivity (Wildman–Crippen MR) is 65.6 cm³/mol. The number of benzene rings is 1. The highest BCUT2D eigenvalue weighted by molar-refractivity contribution is 5.69. The highest BCUT2D eigenvalue weighted by Crippen LogP contribution is 2.17. The minimum atomic E-state index is -0.212. The number of esters is 1. The molecule has 1 aromatic rings. The Balaban J connectivity index is 2.75. The molecule has 0 fully saturated rings. The van der Waals surface area contributed by atoms with E-state index in [4.69, 9.17) is 4.74 Å². The van der Waals surface area contributed by atoms with Crippen molar-refractivity contribution in [3.05, 3.63) is 29.3 Å². The van der Waals surface area contributed by atoms with Gasteiger partial charge in [-0.2, -0.15) is 0 Å². The molecule has 0 aliphatic rings. The molecule has 0 aliphatic carbocycles. The van der Waals surface area contributed by atoms with Gasteiger partial charge < -0.3 is 9.84 Å². The van der Waals surface area contributed by atoms with E-state index in [0.29, 0.717) is 19.4 Å². The first-order valence-electron chi connectivity index (χ1n) is 5.57. The van der Waals surface area contributed by atoms with Crippen LogP contribution in [0.25, 0.3) is 0 Å². The summed E-state index contributed by atoms with van der Waals surface area (Å²) in [5, 5.41) is 9.37. The van der Waals surface area contributed by atoms with Gasteiger partial charge in [0.25, 0.3) is 0 Å².